The first kappa shape index (κ1) is 31.6. The number of nitrogens with zero attached hydrogens (tertiary/aromatic N) is 1. The van der Waals surface area contributed by atoms with Gasteiger partial charge in [-0.15, -0.1) is 0 Å². The van der Waals surface area contributed by atoms with Gasteiger partial charge in [0.25, 0.3) is 0 Å². The van der Waals surface area contributed by atoms with E-state index in [-0.39, 0.29) is 0 Å². The van der Waals surface area contributed by atoms with Crippen molar-refractivity contribution in [2.45, 2.75) is 0 Å². The lowest BCUT2D eigenvalue weighted by atomic mass is 9.93. The molecule has 0 aliphatic carbocycles. The highest BCUT2D eigenvalue weighted by Gasteiger charge is 2.22. The first-order valence-corrected chi connectivity index (χ1v) is 18.4. The largest absolute Gasteiger partial charge is 0.455 e. The Balaban J connectivity index is 1.22. The van der Waals surface area contributed by atoms with Gasteiger partial charge in [0.1, 0.15) is 11.2 Å². The van der Waals surface area contributed by atoms with E-state index in [4.69, 9.17) is 4.42 Å². The summed E-state index contributed by atoms with van der Waals surface area (Å²) in [6, 6.07) is 75.9. The molecule has 0 atom stereocenters. The molecule has 2 nitrogen and oxygen atoms in total. The molecule has 1 aromatic heterocycles. The summed E-state index contributed by atoms with van der Waals surface area (Å²) in [4.78, 5) is 2.40. The molecule has 9 aromatic carbocycles. The van der Waals surface area contributed by atoms with Gasteiger partial charge in [-0.25, -0.2) is 0 Å². The van der Waals surface area contributed by atoms with Gasteiger partial charge in [-0.3, -0.25) is 0 Å². The molecule has 0 unspecified atom stereocenters. The van der Waals surface area contributed by atoms with Crippen LogP contribution in [0.2, 0.25) is 0 Å². The average molecular weight is 690 g/mol. The Morgan fingerprint density at radius 2 is 0.889 bits per heavy atom. The quantitative estimate of drug-likeness (QED) is 0.166. The average Bonchev–Trinajstić information content (AvgIpc) is 3.62. The normalized spacial score (nSPS) is 11.3. The lowest BCUT2D eigenvalue weighted by Gasteiger charge is -2.29. The van der Waals surface area contributed by atoms with E-state index in [1.54, 1.807) is 0 Å². The fraction of sp³-hybridized carbons (Fsp3) is 0. The fourth-order valence-corrected chi connectivity index (χ4v) is 7.87. The third kappa shape index (κ3) is 5.62. The third-order valence-electron chi connectivity index (χ3n) is 10.4. The van der Waals surface area contributed by atoms with E-state index in [1.807, 2.05) is 0 Å². The van der Waals surface area contributed by atoms with E-state index in [2.05, 4.69) is 217 Å². The van der Waals surface area contributed by atoms with Crippen molar-refractivity contribution in [2.24, 2.45) is 0 Å². The lowest BCUT2D eigenvalue weighted by Crippen LogP contribution is -2.11. The second kappa shape index (κ2) is 13.4. The minimum atomic E-state index is 0.887. The Bertz CT molecular complexity index is 2930. The third-order valence-corrected chi connectivity index (χ3v) is 10.4. The maximum atomic E-state index is 6.79. The van der Waals surface area contributed by atoms with Gasteiger partial charge in [0.2, 0.25) is 0 Å². The maximum Gasteiger partial charge on any atom is 0.143 e. The molecule has 10 aromatic rings. The predicted molar refractivity (Wildman–Crippen MR) is 228 cm³/mol. The van der Waals surface area contributed by atoms with Gasteiger partial charge < -0.3 is 9.32 Å². The zero-order valence-corrected chi connectivity index (χ0v) is 29.6. The summed E-state index contributed by atoms with van der Waals surface area (Å²) in [5.74, 6) is 0. The molecule has 0 aliphatic rings. The van der Waals surface area contributed by atoms with Crippen LogP contribution in [0.25, 0.3) is 77.2 Å². The predicted octanol–water partition coefficient (Wildman–Crippen LogP) is 14.9. The fourth-order valence-electron chi connectivity index (χ4n) is 7.87. The highest BCUT2D eigenvalue weighted by molar-refractivity contribution is 6.14. The van der Waals surface area contributed by atoms with Crippen LogP contribution in [0.15, 0.2) is 217 Å². The van der Waals surface area contributed by atoms with Crippen LogP contribution < -0.4 is 4.90 Å². The molecule has 0 fully saturated rings. The van der Waals surface area contributed by atoms with Crippen molar-refractivity contribution < 1.29 is 4.42 Å². The summed E-state index contributed by atoms with van der Waals surface area (Å²) in [5.41, 5.74) is 14.2. The Hall–Kier alpha value is -7.16. The Labute approximate surface area is 314 Å². The Morgan fingerprint density at radius 1 is 0.315 bits per heavy atom. The molecule has 254 valence electrons. The van der Waals surface area contributed by atoms with E-state index in [1.165, 1.54) is 38.6 Å². The van der Waals surface area contributed by atoms with Gasteiger partial charge in [-0.1, -0.05) is 170 Å². The number of para-hydroxylation sites is 2. The highest BCUT2D eigenvalue weighted by atomic mass is 16.3. The molecular formula is C52H35NO. The topological polar surface area (TPSA) is 16.4 Å². The van der Waals surface area contributed by atoms with Gasteiger partial charge in [-0.2, -0.15) is 0 Å². The van der Waals surface area contributed by atoms with E-state index in [0.29, 0.717) is 0 Å². The molecule has 10 rings (SSSR count). The second-order valence-corrected chi connectivity index (χ2v) is 13.7. The number of benzene rings is 9. The van der Waals surface area contributed by atoms with Crippen LogP contribution in [0.5, 0.6) is 0 Å². The van der Waals surface area contributed by atoms with Crippen molar-refractivity contribution in [3.8, 4) is 44.5 Å². The van der Waals surface area contributed by atoms with Crippen LogP contribution in [0.1, 0.15) is 0 Å². The van der Waals surface area contributed by atoms with Gasteiger partial charge in [0, 0.05) is 33.3 Å². The molecule has 0 bridgehead atoms. The molecule has 0 saturated carbocycles. The van der Waals surface area contributed by atoms with E-state index >= 15 is 0 Å². The van der Waals surface area contributed by atoms with Crippen LogP contribution in [0.4, 0.5) is 17.1 Å². The van der Waals surface area contributed by atoms with Gasteiger partial charge in [-0.05, 0) is 86.6 Å². The zero-order valence-electron chi connectivity index (χ0n) is 29.6. The van der Waals surface area contributed by atoms with Crippen LogP contribution in [0.3, 0.4) is 0 Å². The lowest BCUT2D eigenvalue weighted by molar-refractivity contribution is 0.670. The van der Waals surface area contributed by atoms with Crippen LogP contribution in [-0.4, -0.2) is 0 Å². The van der Waals surface area contributed by atoms with Gasteiger partial charge >= 0.3 is 0 Å². The maximum absolute atomic E-state index is 6.79. The monoisotopic (exact) mass is 689 g/mol. The summed E-state index contributed by atoms with van der Waals surface area (Å²) in [7, 11) is 0. The molecule has 0 N–H and O–H groups in total. The van der Waals surface area contributed by atoms with Crippen LogP contribution >= 0.6 is 0 Å². The highest BCUT2D eigenvalue weighted by Crippen LogP contribution is 2.47. The molecule has 0 aliphatic heterocycles. The van der Waals surface area contributed by atoms with E-state index in [9.17, 15) is 0 Å². The van der Waals surface area contributed by atoms with Crippen molar-refractivity contribution in [2.75, 3.05) is 4.90 Å². The molecule has 0 spiro atoms. The summed E-state index contributed by atoms with van der Waals surface area (Å²) < 4.78 is 6.79. The number of fused-ring (bicyclic) bond motifs is 4. The minimum Gasteiger partial charge on any atom is -0.455 e. The number of anilines is 3. The zero-order chi connectivity index (χ0) is 35.8. The number of furan rings is 1. The summed E-state index contributed by atoms with van der Waals surface area (Å²) in [5, 5.41) is 4.61. The summed E-state index contributed by atoms with van der Waals surface area (Å²) >= 11 is 0. The standard InChI is InChI=1S/C52H35NO/c1-4-16-36(17-5-1)39-24-14-25-42(32-39)53(43-30-31-44(37-18-6-2-7-19-37)48(35-43)38-20-8-3-9-21-38)50-29-13-12-26-45(50)46-27-15-28-47-49-33-40-22-10-11-23-41(40)34-51(49)54-52(46)47/h1-35H. The number of hydrogen-bond acceptors (Lipinski definition) is 2. The minimum absolute atomic E-state index is 0.887. The van der Waals surface area contributed by atoms with Gasteiger partial charge in [0.05, 0.1) is 5.69 Å². The number of hydrogen-bond donors (Lipinski definition) is 0. The van der Waals surface area contributed by atoms with E-state index < -0.39 is 0 Å². The smallest absolute Gasteiger partial charge is 0.143 e. The molecule has 0 saturated heterocycles. The van der Waals surface area contributed by atoms with E-state index in [0.717, 1.165) is 55.7 Å². The molecule has 0 radical (unpaired) electrons. The van der Waals surface area contributed by atoms with Crippen LogP contribution in [0, 0.1) is 0 Å². The Kier molecular flexibility index (Phi) is 7.85. The molecule has 2 heteroatoms. The SMILES string of the molecule is c1ccc(-c2cccc(N(c3ccc(-c4ccccc4)c(-c4ccccc4)c3)c3ccccc3-c3cccc4c3oc3cc5ccccc5cc34)c2)cc1. The van der Waals surface area contributed by atoms with Crippen molar-refractivity contribution in [1.29, 1.82) is 0 Å². The number of rotatable bonds is 7. The second-order valence-electron chi connectivity index (χ2n) is 13.7. The van der Waals surface area contributed by atoms with Gasteiger partial charge in [0.15, 0.2) is 0 Å². The summed E-state index contributed by atoms with van der Waals surface area (Å²) in [6.45, 7) is 0. The van der Waals surface area contributed by atoms with Crippen LogP contribution in [-0.2, 0) is 0 Å². The van der Waals surface area contributed by atoms with Crippen molar-refractivity contribution >= 4 is 49.8 Å². The van der Waals surface area contributed by atoms with Crippen molar-refractivity contribution in [3.63, 3.8) is 0 Å². The van der Waals surface area contributed by atoms with Crippen molar-refractivity contribution in [3.05, 3.63) is 212 Å². The molecule has 54 heavy (non-hydrogen) atoms. The molecule has 1 heterocycles. The molecule has 0 amide bonds. The Morgan fingerprint density at radius 3 is 1.65 bits per heavy atom. The first-order chi connectivity index (χ1) is 26.8. The summed E-state index contributed by atoms with van der Waals surface area (Å²) in [6.07, 6.45) is 0. The molecular weight excluding hydrogens is 655 g/mol. The van der Waals surface area contributed by atoms with Crippen molar-refractivity contribution in [1.82, 2.24) is 0 Å². The first-order valence-electron chi connectivity index (χ1n) is 18.4.